The smallest absolute Gasteiger partial charge is 0.228 e. The van der Waals surface area contributed by atoms with Crippen molar-refractivity contribution in [2.24, 2.45) is 0 Å². The Morgan fingerprint density at radius 3 is 2.52 bits per heavy atom. The molecule has 0 aromatic carbocycles. The molecule has 2 N–H and O–H groups in total. The molecular weight excluding hydrogens is 340 g/mol. The van der Waals surface area contributed by atoms with Crippen LogP contribution in [0.2, 0.25) is 5.02 Å². The first kappa shape index (κ1) is 17.9. The number of halogens is 1. The van der Waals surface area contributed by atoms with E-state index in [2.05, 4.69) is 10.1 Å². The Bertz CT molecular complexity index is 680. The predicted molar refractivity (Wildman–Crippen MR) is 88.2 cm³/mol. The van der Waals surface area contributed by atoms with Crippen LogP contribution in [0.1, 0.15) is 17.1 Å². The molecule has 0 spiro atoms. The molecule has 23 heavy (non-hydrogen) atoms. The molecule has 0 aliphatic rings. The van der Waals surface area contributed by atoms with Gasteiger partial charge in [0, 0.05) is 18.5 Å². The summed E-state index contributed by atoms with van der Waals surface area (Å²) in [6.07, 6.45) is 0.115. The van der Waals surface area contributed by atoms with Gasteiger partial charge in [-0.2, -0.15) is 5.10 Å². The highest BCUT2D eigenvalue weighted by Crippen LogP contribution is 2.24. The lowest BCUT2D eigenvalue weighted by atomic mass is 10.3. The molecule has 2 aromatic heterocycles. The van der Waals surface area contributed by atoms with Gasteiger partial charge in [0.25, 0.3) is 0 Å². The summed E-state index contributed by atoms with van der Waals surface area (Å²) >= 11 is 7.52. The zero-order chi connectivity index (χ0) is 17.0. The lowest BCUT2D eigenvalue weighted by Gasteiger charge is -2.20. The second-order valence-corrected chi connectivity index (χ2v) is 6.24. The zero-order valence-corrected chi connectivity index (χ0v) is 14.6. The Hall–Kier alpha value is -1.48. The highest BCUT2D eigenvalue weighted by atomic mass is 35.5. The molecule has 2 rings (SSSR count). The van der Waals surface area contributed by atoms with Crippen LogP contribution in [0.4, 0.5) is 0 Å². The first-order valence-corrected chi connectivity index (χ1v) is 8.39. The minimum absolute atomic E-state index is 0.115. The summed E-state index contributed by atoms with van der Waals surface area (Å²) in [5, 5.41) is 25.3. The number of amides is 1. The third-order valence-corrected chi connectivity index (χ3v) is 4.76. The van der Waals surface area contributed by atoms with Gasteiger partial charge < -0.3 is 15.1 Å². The number of rotatable bonds is 7. The van der Waals surface area contributed by atoms with E-state index in [9.17, 15) is 4.79 Å². The predicted octanol–water partition coefficient (Wildman–Crippen LogP) is 0.955. The fourth-order valence-corrected chi connectivity index (χ4v) is 3.10. The van der Waals surface area contributed by atoms with Crippen LogP contribution in [0.15, 0.2) is 5.38 Å². The van der Waals surface area contributed by atoms with Crippen molar-refractivity contribution in [1.29, 1.82) is 0 Å². The number of carbonyl (C=O) groups is 1. The van der Waals surface area contributed by atoms with Crippen molar-refractivity contribution in [3.8, 4) is 5.13 Å². The second kappa shape index (κ2) is 7.87. The van der Waals surface area contributed by atoms with Crippen molar-refractivity contribution in [3.63, 3.8) is 0 Å². The van der Waals surface area contributed by atoms with Gasteiger partial charge in [0.05, 0.1) is 41.7 Å². The molecule has 0 aliphatic heterocycles. The van der Waals surface area contributed by atoms with E-state index < -0.39 is 0 Å². The van der Waals surface area contributed by atoms with Crippen LogP contribution in [-0.4, -0.2) is 62.1 Å². The summed E-state index contributed by atoms with van der Waals surface area (Å²) in [5.41, 5.74) is 2.16. The van der Waals surface area contributed by atoms with Gasteiger partial charge >= 0.3 is 0 Å². The number of hydrogen-bond donors (Lipinski definition) is 2. The Kier molecular flexibility index (Phi) is 6.11. The molecule has 9 heteroatoms. The summed E-state index contributed by atoms with van der Waals surface area (Å²) in [6.45, 7) is 3.80. The average molecular weight is 359 g/mol. The minimum Gasteiger partial charge on any atom is -0.395 e. The number of thiazole rings is 1. The second-order valence-electron chi connectivity index (χ2n) is 5.02. The number of hydrogen-bond acceptors (Lipinski definition) is 6. The third kappa shape index (κ3) is 4.08. The van der Waals surface area contributed by atoms with Gasteiger partial charge in [-0.3, -0.25) is 4.79 Å². The van der Waals surface area contributed by atoms with Crippen molar-refractivity contribution < 1.29 is 15.0 Å². The lowest BCUT2D eigenvalue weighted by molar-refractivity contribution is -0.131. The molecule has 0 fully saturated rings. The van der Waals surface area contributed by atoms with Crippen LogP contribution < -0.4 is 0 Å². The Morgan fingerprint density at radius 1 is 1.35 bits per heavy atom. The maximum atomic E-state index is 12.2. The van der Waals surface area contributed by atoms with E-state index in [4.69, 9.17) is 21.8 Å². The molecule has 0 radical (unpaired) electrons. The molecule has 0 unspecified atom stereocenters. The zero-order valence-electron chi connectivity index (χ0n) is 13.0. The summed E-state index contributed by atoms with van der Waals surface area (Å²) in [7, 11) is 0. The molecule has 2 aromatic rings. The largest absolute Gasteiger partial charge is 0.395 e. The monoisotopic (exact) mass is 358 g/mol. The summed E-state index contributed by atoms with van der Waals surface area (Å²) in [5.74, 6) is -0.184. The van der Waals surface area contributed by atoms with Gasteiger partial charge in [-0.15, -0.1) is 11.3 Å². The van der Waals surface area contributed by atoms with E-state index in [0.29, 0.717) is 15.8 Å². The maximum Gasteiger partial charge on any atom is 0.228 e. The van der Waals surface area contributed by atoms with Gasteiger partial charge in [-0.1, -0.05) is 11.6 Å². The van der Waals surface area contributed by atoms with Crippen molar-refractivity contribution in [2.45, 2.75) is 20.3 Å². The van der Waals surface area contributed by atoms with Crippen LogP contribution in [0.5, 0.6) is 0 Å². The van der Waals surface area contributed by atoms with Crippen molar-refractivity contribution in [3.05, 3.63) is 27.5 Å². The summed E-state index contributed by atoms with van der Waals surface area (Å²) in [4.78, 5) is 18.0. The summed E-state index contributed by atoms with van der Waals surface area (Å²) < 4.78 is 1.66. The Labute approximate surface area is 143 Å². The van der Waals surface area contributed by atoms with E-state index in [1.807, 2.05) is 13.8 Å². The van der Waals surface area contributed by atoms with Gasteiger partial charge in [0.15, 0.2) is 0 Å². The van der Waals surface area contributed by atoms with Gasteiger partial charge in [-0.25, -0.2) is 9.67 Å². The van der Waals surface area contributed by atoms with Gasteiger partial charge in [0.2, 0.25) is 11.0 Å². The van der Waals surface area contributed by atoms with Crippen LogP contribution in [0.25, 0.3) is 5.13 Å². The van der Waals surface area contributed by atoms with Gasteiger partial charge in [0.1, 0.15) is 0 Å². The average Bonchev–Trinajstić information content (AvgIpc) is 3.07. The van der Waals surface area contributed by atoms with E-state index in [-0.39, 0.29) is 38.6 Å². The van der Waals surface area contributed by atoms with E-state index >= 15 is 0 Å². The van der Waals surface area contributed by atoms with Crippen LogP contribution in [0, 0.1) is 13.8 Å². The molecule has 1 amide bonds. The van der Waals surface area contributed by atoms with Crippen molar-refractivity contribution in [2.75, 3.05) is 26.3 Å². The molecule has 0 atom stereocenters. The number of nitrogens with zero attached hydrogens (tertiary/aromatic N) is 4. The lowest BCUT2D eigenvalue weighted by Crippen LogP contribution is -2.36. The van der Waals surface area contributed by atoms with Crippen molar-refractivity contribution in [1.82, 2.24) is 19.7 Å². The molecule has 0 saturated carbocycles. The molecule has 0 aliphatic carbocycles. The van der Waals surface area contributed by atoms with E-state index in [1.54, 1.807) is 10.1 Å². The molecule has 0 saturated heterocycles. The van der Waals surface area contributed by atoms with Crippen molar-refractivity contribution >= 4 is 28.8 Å². The quantitative estimate of drug-likeness (QED) is 0.769. The number of aliphatic hydroxyl groups is 2. The molecule has 7 nitrogen and oxygen atoms in total. The third-order valence-electron chi connectivity index (χ3n) is 3.35. The first-order chi connectivity index (χ1) is 11.0. The summed E-state index contributed by atoms with van der Waals surface area (Å²) in [6, 6.07) is 0. The normalized spacial score (nSPS) is 11.0. The van der Waals surface area contributed by atoms with Crippen LogP contribution in [0.3, 0.4) is 0 Å². The fourth-order valence-electron chi connectivity index (χ4n) is 2.15. The highest BCUT2D eigenvalue weighted by Gasteiger charge is 2.17. The Balaban J connectivity index is 2.13. The van der Waals surface area contributed by atoms with E-state index in [0.717, 1.165) is 11.4 Å². The SMILES string of the molecule is Cc1nn(-c2nc(CC(=O)N(CCO)CCO)cs2)c(C)c1Cl. The minimum atomic E-state index is -0.184. The first-order valence-electron chi connectivity index (χ1n) is 7.14. The number of aryl methyl sites for hydroxylation is 1. The molecule has 2 heterocycles. The highest BCUT2D eigenvalue weighted by molar-refractivity contribution is 7.12. The number of carbonyl (C=O) groups excluding carboxylic acids is 1. The number of aliphatic hydroxyl groups excluding tert-OH is 2. The van der Waals surface area contributed by atoms with Crippen LogP contribution in [-0.2, 0) is 11.2 Å². The van der Waals surface area contributed by atoms with Crippen LogP contribution >= 0.6 is 22.9 Å². The molecule has 126 valence electrons. The topological polar surface area (TPSA) is 91.5 Å². The molecular formula is C14H19ClN4O3S. The Morgan fingerprint density at radius 2 is 2.00 bits per heavy atom. The maximum absolute atomic E-state index is 12.2. The molecule has 0 bridgehead atoms. The van der Waals surface area contributed by atoms with Gasteiger partial charge in [-0.05, 0) is 13.8 Å². The van der Waals surface area contributed by atoms with E-state index in [1.165, 1.54) is 16.2 Å². The number of aromatic nitrogens is 3. The fraction of sp³-hybridized carbons (Fsp3) is 0.500. The standard InChI is InChI=1S/C14H19ClN4O3S/c1-9-13(15)10(2)19(17-9)14-16-11(8-23-14)7-12(22)18(3-5-20)4-6-21/h8,20-21H,3-7H2,1-2H3.